The zero-order chi connectivity index (χ0) is 15.1. The van der Waals surface area contributed by atoms with Crippen LogP contribution in [-0.4, -0.2) is 36.7 Å². The molecule has 2 heterocycles. The van der Waals surface area contributed by atoms with Gasteiger partial charge in [-0.1, -0.05) is 13.0 Å². The molecule has 1 atom stereocenters. The average molecular weight is 291 g/mol. The number of rotatable bonds is 6. The molecule has 1 aliphatic rings. The molecule has 1 aromatic heterocycles. The van der Waals surface area contributed by atoms with Crippen LogP contribution in [0.1, 0.15) is 43.6 Å². The Balaban J connectivity index is 1.92. The van der Waals surface area contributed by atoms with Gasteiger partial charge in [0.05, 0.1) is 0 Å². The Kier molecular flexibility index (Phi) is 5.99. The lowest BCUT2D eigenvalue weighted by Crippen LogP contribution is -2.40. The standard InChI is InChI=1S/C16H25N3O2/c1-3-9-17-15-6-4-5-14(19-15)16(20)18-12(2)13-7-10-21-11-8-13/h4-6,12-13H,3,7-11H2,1-2H3,(H,17,19)(H,18,20). The molecule has 0 aromatic carbocycles. The second-order valence-corrected chi connectivity index (χ2v) is 5.55. The van der Waals surface area contributed by atoms with Crippen molar-refractivity contribution >= 4 is 11.7 Å². The molecule has 116 valence electrons. The highest BCUT2D eigenvalue weighted by Gasteiger charge is 2.22. The number of nitrogens with zero attached hydrogens (tertiary/aromatic N) is 1. The number of ether oxygens (including phenoxy) is 1. The molecule has 0 aliphatic carbocycles. The summed E-state index contributed by atoms with van der Waals surface area (Å²) >= 11 is 0. The van der Waals surface area contributed by atoms with Crippen molar-refractivity contribution in [2.75, 3.05) is 25.1 Å². The molecule has 1 fully saturated rings. The van der Waals surface area contributed by atoms with E-state index in [4.69, 9.17) is 4.74 Å². The number of hydrogen-bond donors (Lipinski definition) is 2. The monoisotopic (exact) mass is 291 g/mol. The molecule has 0 saturated carbocycles. The highest BCUT2D eigenvalue weighted by molar-refractivity contribution is 5.92. The highest BCUT2D eigenvalue weighted by atomic mass is 16.5. The average Bonchev–Trinajstić information content (AvgIpc) is 2.54. The zero-order valence-corrected chi connectivity index (χ0v) is 12.9. The van der Waals surface area contributed by atoms with E-state index in [1.54, 1.807) is 6.07 Å². The van der Waals surface area contributed by atoms with E-state index >= 15 is 0 Å². The van der Waals surface area contributed by atoms with E-state index in [0.717, 1.165) is 44.8 Å². The third-order valence-electron chi connectivity index (χ3n) is 3.87. The Morgan fingerprint density at radius 3 is 2.90 bits per heavy atom. The van der Waals surface area contributed by atoms with Crippen LogP contribution >= 0.6 is 0 Å². The summed E-state index contributed by atoms with van der Waals surface area (Å²) in [5.74, 6) is 1.14. The van der Waals surface area contributed by atoms with Crippen molar-refractivity contribution in [3.05, 3.63) is 23.9 Å². The summed E-state index contributed by atoms with van der Waals surface area (Å²) in [6, 6.07) is 5.65. The van der Waals surface area contributed by atoms with Crippen LogP contribution in [0.25, 0.3) is 0 Å². The van der Waals surface area contributed by atoms with Gasteiger partial charge in [0.25, 0.3) is 5.91 Å². The zero-order valence-electron chi connectivity index (χ0n) is 12.9. The molecule has 1 aliphatic heterocycles. The van der Waals surface area contributed by atoms with Crippen molar-refractivity contribution in [1.82, 2.24) is 10.3 Å². The third-order valence-corrected chi connectivity index (χ3v) is 3.87. The predicted molar refractivity (Wildman–Crippen MR) is 83.5 cm³/mol. The minimum Gasteiger partial charge on any atom is -0.381 e. The van der Waals surface area contributed by atoms with E-state index in [9.17, 15) is 4.79 Å². The molecule has 0 radical (unpaired) electrons. The van der Waals surface area contributed by atoms with Gasteiger partial charge in [-0.05, 0) is 44.2 Å². The molecule has 1 saturated heterocycles. The van der Waals surface area contributed by atoms with E-state index < -0.39 is 0 Å². The van der Waals surface area contributed by atoms with Crippen LogP contribution < -0.4 is 10.6 Å². The van der Waals surface area contributed by atoms with Crippen LogP contribution in [0.4, 0.5) is 5.82 Å². The first kappa shape index (κ1) is 15.8. The van der Waals surface area contributed by atoms with Crippen molar-refractivity contribution in [3.8, 4) is 0 Å². The fourth-order valence-electron chi connectivity index (χ4n) is 2.53. The van der Waals surface area contributed by atoms with Crippen LogP contribution in [0.15, 0.2) is 18.2 Å². The third kappa shape index (κ3) is 4.70. The molecular formula is C16H25N3O2. The maximum atomic E-state index is 12.3. The number of anilines is 1. The maximum absolute atomic E-state index is 12.3. The maximum Gasteiger partial charge on any atom is 0.270 e. The summed E-state index contributed by atoms with van der Waals surface area (Å²) < 4.78 is 5.36. The largest absolute Gasteiger partial charge is 0.381 e. The van der Waals surface area contributed by atoms with Gasteiger partial charge in [0.1, 0.15) is 11.5 Å². The molecule has 1 amide bonds. The normalized spacial score (nSPS) is 17.2. The quantitative estimate of drug-likeness (QED) is 0.845. The van der Waals surface area contributed by atoms with Gasteiger partial charge in [0.15, 0.2) is 0 Å². The van der Waals surface area contributed by atoms with E-state index in [1.165, 1.54) is 0 Å². The molecule has 1 unspecified atom stereocenters. The number of carbonyl (C=O) groups is 1. The van der Waals surface area contributed by atoms with Crippen LogP contribution in [0, 0.1) is 5.92 Å². The summed E-state index contributed by atoms with van der Waals surface area (Å²) in [6.45, 7) is 6.60. The summed E-state index contributed by atoms with van der Waals surface area (Å²) in [6.07, 6.45) is 3.04. The Hall–Kier alpha value is -1.62. The first-order valence-corrected chi connectivity index (χ1v) is 7.80. The Bertz CT molecular complexity index is 459. The summed E-state index contributed by atoms with van der Waals surface area (Å²) in [5, 5.41) is 6.26. The second kappa shape index (κ2) is 7.98. The van der Waals surface area contributed by atoms with Gasteiger partial charge in [-0.3, -0.25) is 4.79 Å². The number of amides is 1. The van der Waals surface area contributed by atoms with Gasteiger partial charge in [0.2, 0.25) is 0 Å². The molecule has 2 rings (SSSR count). The summed E-state index contributed by atoms with van der Waals surface area (Å²) in [7, 11) is 0. The van der Waals surface area contributed by atoms with Crippen molar-refractivity contribution in [3.63, 3.8) is 0 Å². The van der Waals surface area contributed by atoms with E-state index in [-0.39, 0.29) is 11.9 Å². The number of carbonyl (C=O) groups excluding carboxylic acids is 1. The Labute approximate surface area is 126 Å². The smallest absolute Gasteiger partial charge is 0.270 e. The molecule has 1 aromatic rings. The molecule has 2 N–H and O–H groups in total. The van der Waals surface area contributed by atoms with Crippen LogP contribution in [0.2, 0.25) is 0 Å². The lowest BCUT2D eigenvalue weighted by Gasteiger charge is -2.28. The highest BCUT2D eigenvalue weighted by Crippen LogP contribution is 2.18. The van der Waals surface area contributed by atoms with Crippen molar-refractivity contribution in [1.29, 1.82) is 0 Å². The lowest BCUT2D eigenvalue weighted by atomic mass is 9.93. The van der Waals surface area contributed by atoms with E-state index in [2.05, 4.69) is 29.5 Å². The Morgan fingerprint density at radius 2 is 2.19 bits per heavy atom. The fraction of sp³-hybridized carbons (Fsp3) is 0.625. The van der Waals surface area contributed by atoms with Crippen molar-refractivity contribution in [2.24, 2.45) is 5.92 Å². The number of aromatic nitrogens is 1. The van der Waals surface area contributed by atoms with Gasteiger partial charge < -0.3 is 15.4 Å². The second-order valence-electron chi connectivity index (χ2n) is 5.55. The Morgan fingerprint density at radius 1 is 1.43 bits per heavy atom. The van der Waals surface area contributed by atoms with Crippen LogP contribution in [0.5, 0.6) is 0 Å². The minimum absolute atomic E-state index is 0.103. The first-order valence-electron chi connectivity index (χ1n) is 7.80. The lowest BCUT2D eigenvalue weighted by molar-refractivity contribution is 0.0537. The van der Waals surface area contributed by atoms with Gasteiger partial charge in [0, 0.05) is 25.8 Å². The van der Waals surface area contributed by atoms with Crippen molar-refractivity contribution in [2.45, 2.75) is 39.2 Å². The summed E-state index contributed by atoms with van der Waals surface area (Å²) in [4.78, 5) is 16.7. The molecule has 0 spiro atoms. The molecular weight excluding hydrogens is 266 g/mol. The predicted octanol–water partition coefficient (Wildman–Crippen LogP) is 2.45. The van der Waals surface area contributed by atoms with Crippen LogP contribution in [0.3, 0.4) is 0 Å². The first-order chi connectivity index (χ1) is 10.2. The number of nitrogens with one attached hydrogen (secondary N) is 2. The fourth-order valence-corrected chi connectivity index (χ4v) is 2.53. The number of pyridine rings is 1. The molecule has 21 heavy (non-hydrogen) atoms. The topological polar surface area (TPSA) is 63.2 Å². The SMILES string of the molecule is CCCNc1cccc(C(=O)NC(C)C2CCOCC2)n1. The number of hydrogen-bond acceptors (Lipinski definition) is 4. The van der Waals surface area contributed by atoms with Gasteiger partial charge in [-0.2, -0.15) is 0 Å². The molecule has 0 bridgehead atoms. The van der Waals surface area contributed by atoms with E-state index in [1.807, 2.05) is 12.1 Å². The van der Waals surface area contributed by atoms with Crippen molar-refractivity contribution < 1.29 is 9.53 Å². The van der Waals surface area contributed by atoms with Gasteiger partial charge >= 0.3 is 0 Å². The minimum atomic E-state index is -0.103. The molecule has 5 heteroatoms. The van der Waals surface area contributed by atoms with Gasteiger partial charge in [-0.15, -0.1) is 0 Å². The molecule has 5 nitrogen and oxygen atoms in total. The van der Waals surface area contributed by atoms with Crippen LogP contribution in [-0.2, 0) is 4.74 Å². The summed E-state index contributed by atoms with van der Waals surface area (Å²) in [5.41, 5.74) is 0.468. The van der Waals surface area contributed by atoms with Gasteiger partial charge in [-0.25, -0.2) is 4.98 Å². The van der Waals surface area contributed by atoms with E-state index in [0.29, 0.717) is 11.6 Å².